The molecular weight excluding hydrogens is 501 g/mol. The smallest absolute Gasteiger partial charge is 0.261 e. The van der Waals surface area contributed by atoms with Gasteiger partial charge in [-0.25, -0.2) is 0 Å². The monoisotopic (exact) mass is 531 g/mol. The molecule has 192 valence electrons. The summed E-state index contributed by atoms with van der Waals surface area (Å²) < 4.78 is 0. The number of carbonyl (C=O) groups excluding carboxylic acids is 4. The lowest BCUT2D eigenvalue weighted by Crippen LogP contribution is -2.53. The van der Waals surface area contributed by atoms with Gasteiger partial charge in [0.15, 0.2) is 0 Å². The van der Waals surface area contributed by atoms with Gasteiger partial charge in [-0.05, 0) is 63.4 Å². The quantitative estimate of drug-likeness (QED) is 0.456. The van der Waals surface area contributed by atoms with Crippen LogP contribution in [0.5, 0.6) is 0 Å². The van der Waals surface area contributed by atoms with E-state index in [0.717, 1.165) is 5.56 Å². The van der Waals surface area contributed by atoms with E-state index in [1.165, 1.54) is 9.80 Å². The Kier molecular flexibility index (Phi) is 8.80. The lowest BCUT2D eigenvalue weighted by molar-refractivity contribution is -0.142. The summed E-state index contributed by atoms with van der Waals surface area (Å²) in [5.74, 6) is -1.22. The first-order chi connectivity index (χ1) is 16.9. The molecule has 0 radical (unpaired) electrons. The molecule has 9 heteroatoms. The lowest BCUT2D eigenvalue weighted by atomic mass is 10.0. The fourth-order valence-electron chi connectivity index (χ4n) is 4.18. The van der Waals surface area contributed by atoms with Gasteiger partial charge in [0.1, 0.15) is 6.04 Å². The first kappa shape index (κ1) is 27.7. The molecule has 1 aliphatic rings. The largest absolute Gasteiger partial charge is 0.350 e. The normalized spacial score (nSPS) is 14.0. The molecule has 1 N–H and O–H groups in total. The predicted molar refractivity (Wildman–Crippen MR) is 140 cm³/mol. The second kappa shape index (κ2) is 11.4. The topological polar surface area (TPSA) is 86.8 Å². The Morgan fingerprint density at radius 2 is 1.61 bits per heavy atom. The van der Waals surface area contributed by atoms with Gasteiger partial charge in [-0.15, -0.1) is 0 Å². The first-order valence-corrected chi connectivity index (χ1v) is 12.7. The van der Waals surface area contributed by atoms with E-state index in [2.05, 4.69) is 5.32 Å². The number of nitrogens with zero attached hydrogens (tertiary/aromatic N) is 2. The summed E-state index contributed by atoms with van der Waals surface area (Å²) in [7, 11) is 0. The van der Waals surface area contributed by atoms with Crippen LogP contribution < -0.4 is 5.32 Å². The minimum Gasteiger partial charge on any atom is -0.350 e. The zero-order chi connectivity index (χ0) is 26.6. The molecule has 1 heterocycles. The van der Waals surface area contributed by atoms with E-state index in [9.17, 15) is 19.2 Å². The van der Waals surface area contributed by atoms with Crippen molar-refractivity contribution in [1.82, 2.24) is 15.1 Å². The molecule has 0 saturated carbocycles. The maximum absolute atomic E-state index is 13.4. The zero-order valence-electron chi connectivity index (χ0n) is 20.9. The van der Waals surface area contributed by atoms with Crippen LogP contribution in [0.2, 0.25) is 10.0 Å². The van der Waals surface area contributed by atoms with E-state index in [-0.39, 0.29) is 49.6 Å². The average Bonchev–Trinajstić information content (AvgIpc) is 3.05. The Morgan fingerprint density at radius 1 is 1.00 bits per heavy atom. The minimum atomic E-state index is -0.703. The van der Waals surface area contributed by atoms with Crippen molar-refractivity contribution in [3.8, 4) is 0 Å². The lowest BCUT2D eigenvalue weighted by Gasteiger charge is -2.33. The zero-order valence-corrected chi connectivity index (χ0v) is 22.4. The summed E-state index contributed by atoms with van der Waals surface area (Å²) in [6, 6.07) is 11.1. The van der Waals surface area contributed by atoms with Crippen LogP contribution in [0.15, 0.2) is 42.5 Å². The first-order valence-electron chi connectivity index (χ1n) is 11.9. The number of carbonyl (C=O) groups is 4. The number of hydrogen-bond acceptors (Lipinski definition) is 4. The molecule has 1 atom stereocenters. The highest BCUT2D eigenvalue weighted by atomic mass is 35.5. The Balaban J connectivity index is 1.75. The summed E-state index contributed by atoms with van der Waals surface area (Å²) in [6.07, 6.45) is 0.751. The van der Waals surface area contributed by atoms with Crippen molar-refractivity contribution < 1.29 is 19.2 Å². The van der Waals surface area contributed by atoms with Crippen molar-refractivity contribution in [2.45, 2.75) is 65.1 Å². The standard InChI is InChI=1S/C27H31Cl2N3O4/c1-5-22(24(34)30-27(2,3)4)32(16-17-12-13-20(28)21(29)15-17)23(33)11-8-14-31-25(35)18-9-6-7-10-19(18)26(31)36/h6-7,9-10,12-13,15,22H,5,8,11,14,16H2,1-4H3,(H,30,34)/t22-/m1/s1. The van der Waals surface area contributed by atoms with Gasteiger partial charge in [0.05, 0.1) is 21.2 Å². The van der Waals surface area contributed by atoms with Gasteiger partial charge in [0.2, 0.25) is 11.8 Å². The van der Waals surface area contributed by atoms with Gasteiger partial charge in [0.25, 0.3) is 11.8 Å². The maximum atomic E-state index is 13.4. The fraction of sp³-hybridized carbons (Fsp3) is 0.407. The van der Waals surface area contributed by atoms with Crippen LogP contribution >= 0.6 is 23.2 Å². The molecule has 7 nitrogen and oxygen atoms in total. The number of nitrogens with one attached hydrogen (secondary N) is 1. The third-order valence-corrected chi connectivity index (χ3v) is 6.61. The van der Waals surface area contributed by atoms with Crippen LogP contribution in [0, 0.1) is 0 Å². The van der Waals surface area contributed by atoms with E-state index >= 15 is 0 Å². The molecule has 36 heavy (non-hydrogen) atoms. The van der Waals surface area contributed by atoms with Crippen molar-refractivity contribution in [3.05, 3.63) is 69.2 Å². The Bertz CT molecular complexity index is 1140. The van der Waals surface area contributed by atoms with E-state index < -0.39 is 11.6 Å². The second-order valence-electron chi connectivity index (χ2n) is 9.84. The summed E-state index contributed by atoms with van der Waals surface area (Å²) in [4.78, 5) is 54.5. The molecule has 0 spiro atoms. The van der Waals surface area contributed by atoms with Crippen molar-refractivity contribution in [3.63, 3.8) is 0 Å². The van der Waals surface area contributed by atoms with Gasteiger partial charge in [-0.2, -0.15) is 0 Å². The van der Waals surface area contributed by atoms with Crippen LogP contribution in [-0.4, -0.2) is 51.6 Å². The number of halogens is 2. The van der Waals surface area contributed by atoms with Crippen LogP contribution in [0.1, 0.15) is 73.2 Å². The summed E-state index contributed by atoms with van der Waals surface area (Å²) in [6.45, 7) is 7.77. The van der Waals surface area contributed by atoms with Gasteiger partial charge >= 0.3 is 0 Å². The van der Waals surface area contributed by atoms with Gasteiger partial charge in [0, 0.05) is 25.0 Å². The fourth-order valence-corrected chi connectivity index (χ4v) is 4.50. The SMILES string of the molecule is CC[C@H](C(=O)NC(C)(C)C)N(Cc1ccc(Cl)c(Cl)c1)C(=O)CCCN1C(=O)c2ccccc2C1=O. The molecule has 0 unspecified atom stereocenters. The highest BCUT2D eigenvalue weighted by molar-refractivity contribution is 6.42. The van der Waals surface area contributed by atoms with Crippen LogP contribution in [0.25, 0.3) is 0 Å². The number of imide groups is 1. The predicted octanol–water partition coefficient (Wildman–Crippen LogP) is 5.09. The summed E-state index contributed by atoms with van der Waals surface area (Å²) >= 11 is 12.2. The van der Waals surface area contributed by atoms with Crippen LogP contribution in [-0.2, 0) is 16.1 Å². The second-order valence-corrected chi connectivity index (χ2v) is 10.7. The number of rotatable bonds is 9. The Hall–Kier alpha value is -2.90. The average molecular weight is 532 g/mol. The highest BCUT2D eigenvalue weighted by Crippen LogP contribution is 2.25. The third kappa shape index (κ3) is 6.45. The molecule has 0 aliphatic carbocycles. The van der Waals surface area contributed by atoms with E-state index in [4.69, 9.17) is 23.2 Å². The van der Waals surface area contributed by atoms with E-state index in [1.807, 2.05) is 27.7 Å². The van der Waals surface area contributed by atoms with E-state index in [0.29, 0.717) is 27.6 Å². The van der Waals surface area contributed by atoms with Crippen molar-refractivity contribution in [1.29, 1.82) is 0 Å². The molecule has 0 aromatic heterocycles. The molecule has 0 bridgehead atoms. The van der Waals surface area contributed by atoms with Gasteiger partial charge in [-0.3, -0.25) is 24.1 Å². The molecule has 0 fully saturated rings. The van der Waals surface area contributed by atoms with Crippen LogP contribution in [0.3, 0.4) is 0 Å². The Morgan fingerprint density at radius 3 is 2.14 bits per heavy atom. The summed E-state index contributed by atoms with van der Waals surface area (Å²) in [5, 5.41) is 3.72. The van der Waals surface area contributed by atoms with Crippen molar-refractivity contribution in [2.75, 3.05) is 6.54 Å². The summed E-state index contributed by atoms with van der Waals surface area (Å²) in [5.41, 5.74) is 1.02. The molecular formula is C27H31Cl2N3O4. The number of benzene rings is 2. The number of hydrogen-bond donors (Lipinski definition) is 1. The Labute approximate surface area is 221 Å². The maximum Gasteiger partial charge on any atom is 0.261 e. The number of fused-ring (bicyclic) bond motifs is 1. The van der Waals surface area contributed by atoms with Gasteiger partial charge < -0.3 is 10.2 Å². The third-order valence-electron chi connectivity index (χ3n) is 5.87. The van der Waals surface area contributed by atoms with Crippen molar-refractivity contribution in [2.24, 2.45) is 0 Å². The molecule has 1 aliphatic heterocycles. The highest BCUT2D eigenvalue weighted by Gasteiger charge is 2.35. The molecule has 3 rings (SSSR count). The minimum absolute atomic E-state index is 0.0635. The molecule has 2 aromatic carbocycles. The molecule has 0 saturated heterocycles. The van der Waals surface area contributed by atoms with Gasteiger partial charge in [-0.1, -0.05) is 48.3 Å². The molecule has 4 amide bonds. The van der Waals surface area contributed by atoms with E-state index in [1.54, 1.807) is 42.5 Å². The van der Waals surface area contributed by atoms with Crippen LogP contribution in [0.4, 0.5) is 0 Å². The molecule has 2 aromatic rings. The number of amides is 4. The van der Waals surface area contributed by atoms with Crippen molar-refractivity contribution >= 4 is 46.8 Å².